The molecule has 0 saturated heterocycles. The topological polar surface area (TPSA) is 54.9 Å². The molecular formula is C20H14FN3OS2. The first-order valence-electron chi connectivity index (χ1n) is 8.14. The molecule has 1 amide bonds. The number of hydrogen-bond donors (Lipinski definition) is 1. The van der Waals surface area contributed by atoms with Gasteiger partial charge in [-0.1, -0.05) is 23.9 Å². The van der Waals surface area contributed by atoms with E-state index in [1.165, 1.54) is 36.0 Å². The lowest BCUT2D eigenvalue weighted by Gasteiger charge is -2.11. The molecule has 4 aromatic rings. The highest BCUT2D eigenvalue weighted by atomic mass is 32.2. The molecule has 0 aliphatic carbocycles. The van der Waals surface area contributed by atoms with E-state index in [0.29, 0.717) is 11.3 Å². The minimum absolute atomic E-state index is 0.289. The molecule has 0 unspecified atom stereocenters. The van der Waals surface area contributed by atoms with Gasteiger partial charge in [0.2, 0.25) is 0 Å². The van der Waals surface area contributed by atoms with Gasteiger partial charge in [-0.15, -0.1) is 11.3 Å². The second-order valence-corrected chi connectivity index (χ2v) is 7.74. The molecule has 4 rings (SSSR count). The second-order valence-electron chi connectivity index (χ2n) is 5.83. The standard InChI is InChI=1S/C20H14FN3OS2/c1-12-10-26-18-17(12)22-11-23-20(18)27-16-5-3-2-4-15(16)24-19(25)13-6-8-14(21)9-7-13/h2-11H,1H3,(H,24,25). The number of para-hydroxylation sites is 1. The Morgan fingerprint density at radius 2 is 1.89 bits per heavy atom. The summed E-state index contributed by atoms with van der Waals surface area (Å²) in [6.07, 6.45) is 1.56. The minimum Gasteiger partial charge on any atom is -0.321 e. The fourth-order valence-corrected chi connectivity index (χ4v) is 4.61. The van der Waals surface area contributed by atoms with E-state index in [4.69, 9.17) is 0 Å². The lowest BCUT2D eigenvalue weighted by molar-refractivity contribution is 0.102. The number of benzene rings is 2. The number of nitrogens with one attached hydrogen (secondary N) is 1. The first kappa shape index (κ1) is 17.6. The molecule has 2 aromatic carbocycles. The first-order chi connectivity index (χ1) is 13.1. The summed E-state index contributed by atoms with van der Waals surface area (Å²) in [4.78, 5) is 22.1. The van der Waals surface area contributed by atoms with Gasteiger partial charge in [0.25, 0.3) is 5.91 Å². The number of aryl methyl sites for hydroxylation is 1. The maximum atomic E-state index is 13.1. The second kappa shape index (κ2) is 7.46. The van der Waals surface area contributed by atoms with Crippen LogP contribution >= 0.6 is 23.1 Å². The summed E-state index contributed by atoms with van der Waals surface area (Å²) >= 11 is 3.09. The molecule has 0 radical (unpaired) electrons. The summed E-state index contributed by atoms with van der Waals surface area (Å²) in [7, 11) is 0. The van der Waals surface area contributed by atoms with Gasteiger partial charge in [0, 0.05) is 10.5 Å². The Morgan fingerprint density at radius 1 is 1.11 bits per heavy atom. The molecule has 0 atom stereocenters. The molecule has 0 bridgehead atoms. The van der Waals surface area contributed by atoms with Crippen LogP contribution in [-0.2, 0) is 0 Å². The summed E-state index contributed by atoms with van der Waals surface area (Å²) in [6, 6.07) is 13.0. The van der Waals surface area contributed by atoms with Crippen molar-refractivity contribution in [2.24, 2.45) is 0 Å². The molecule has 7 heteroatoms. The van der Waals surface area contributed by atoms with Gasteiger partial charge in [-0.3, -0.25) is 4.79 Å². The Kier molecular flexibility index (Phi) is 4.87. The van der Waals surface area contributed by atoms with E-state index in [0.717, 1.165) is 25.7 Å². The average molecular weight is 395 g/mol. The van der Waals surface area contributed by atoms with Crippen molar-refractivity contribution in [2.45, 2.75) is 16.8 Å². The molecule has 0 saturated carbocycles. The number of halogens is 1. The number of thiophene rings is 1. The van der Waals surface area contributed by atoms with Crippen molar-refractivity contribution in [1.82, 2.24) is 9.97 Å². The number of carbonyl (C=O) groups excluding carboxylic acids is 1. The van der Waals surface area contributed by atoms with Crippen molar-refractivity contribution in [3.05, 3.63) is 77.2 Å². The van der Waals surface area contributed by atoms with Crippen LogP contribution in [0.25, 0.3) is 10.2 Å². The molecular weight excluding hydrogens is 381 g/mol. The zero-order valence-electron chi connectivity index (χ0n) is 14.3. The monoisotopic (exact) mass is 395 g/mol. The zero-order valence-corrected chi connectivity index (χ0v) is 15.9. The van der Waals surface area contributed by atoms with E-state index in [1.54, 1.807) is 17.7 Å². The van der Waals surface area contributed by atoms with Gasteiger partial charge in [-0.2, -0.15) is 0 Å². The summed E-state index contributed by atoms with van der Waals surface area (Å²) in [5, 5.41) is 5.81. The van der Waals surface area contributed by atoms with Crippen molar-refractivity contribution in [3.8, 4) is 0 Å². The van der Waals surface area contributed by atoms with E-state index < -0.39 is 0 Å². The molecule has 134 valence electrons. The van der Waals surface area contributed by atoms with Crippen LogP contribution in [0.5, 0.6) is 0 Å². The first-order valence-corrected chi connectivity index (χ1v) is 9.84. The van der Waals surface area contributed by atoms with Gasteiger partial charge in [-0.25, -0.2) is 14.4 Å². The molecule has 1 N–H and O–H groups in total. The lowest BCUT2D eigenvalue weighted by Crippen LogP contribution is -2.12. The number of nitrogens with zero attached hydrogens (tertiary/aromatic N) is 2. The predicted octanol–water partition coefficient (Wildman–Crippen LogP) is 5.54. The van der Waals surface area contributed by atoms with Crippen LogP contribution in [0.1, 0.15) is 15.9 Å². The normalized spacial score (nSPS) is 10.9. The van der Waals surface area contributed by atoms with Gasteiger partial charge >= 0.3 is 0 Å². The van der Waals surface area contributed by atoms with Crippen molar-refractivity contribution in [3.63, 3.8) is 0 Å². The van der Waals surface area contributed by atoms with Crippen LogP contribution < -0.4 is 5.32 Å². The Bertz CT molecular complexity index is 1130. The van der Waals surface area contributed by atoms with Crippen molar-refractivity contribution in [1.29, 1.82) is 0 Å². The van der Waals surface area contributed by atoms with Gasteiger partial charge in [-0.05, 0) is 54.3 Å². The van der Waals surface area contributed by atoms with Gasteiger partial charge in [0.05, 0.1) is 15.9 Å². The molecule has 0 spiro atoms. The Hall–Kier alpha value is -2.77. The maximum absolute atomic E-state index is 13.1. The van der Waals surface area contributed by atoms with Gasteiger partial charge in [0.15, 0.2) is 0 Å². The van der Waals surface area contributed by atoms with E-state index in [-0.39, 0.29) is 11.7 Å². The van der Waals surface area contributed by atoms with Crippen LogP contribution in [0.4, 0.5) is 10.1 Å². The van der Waals surface area contributed by atoms with E-state index in [2.05, 4.69) is 20.7 Å². The number of hydrogen-bond acceptors (Lipinski definition) is 5. The quantitative estimate of drug-likeness (QED) is 0.461. The van der Waals surface area contributed by atoms with Crippen LogP contribution in [0, 0.1) is 12.7 Å². The zero-order chi connectivity index (χ0) is 18.8. The summed E-state index contributed by atoms with van der Waals surface area (Å²) in [5.41, 5.74) is 3.15. The molecule has 0 aliphatic rings. The number of amides is 1. The van der Waals surface area contributed by atoms with Crippen LogP contribution in [0.15, 0.2) is 70.2 Å². The minimum atomic E-state index is -0.374. The van der Waals surface area contributed by atoms with Crippen LogP contribution in [0.2, 0.25) is 0 Å². The van der Waals surface area contributed by atoms with Crippen LogP contribution in [-0.4, -0.2) is 15.9 Å². The predicted molar refractivity (Wildman–Crippen MR) is 107 cm³/mol. The molecule has 0 fully saturated rings. The number of carbonyl (C=O) groups is 1. The Morgan fingerprint density at radius 3 is 2.70 bits per heavy atom. The van der Waals surface area contributed by atoms with Crippen LogP contribution in [0.3, 0.4) is 0 Å². The summed E-state index contributed by atoms with van der Waals surface area (Å²) in [6.45, 7) is 2.02. The van der Waals surface area contributed by atoms with Crippen molar-refractivity contribution < 1.29 is 9.18 Å². The third-order valence-corrected chi connectivity index (χ3v) is 6.25. The lowest BCUT2D eigenvalue weighted by atomic mass is 10.2. The average Bonchev–Trinajstić information content (AvgIpc) is 3.06. The molecule has 2 aromatic heterocycles. The van der Waals surface area contributed by atoms with E-state index >= 15 is 0 Å². The number of anilines is 1. The summed E-state index contributed by atoms with van der Waals surface area (Å²) in [5.74, 6) is -0.663. The third-order valence-electron chi connectivity index (χ3n) is 3.95. The van der Waals surface area contributed by atoms with Crippen molar-refractivity contribution in [2.75, 3.05) is 5.32 Å². The third kappa shape index (κ3) is 3.70. The van der Waals surface area contributed by atoms with E-state index in [9.17, 15) is 9.18 Å². The number of fused-ring (bicyclic) bond motifs is 1. The Balaban J connectivity index is 1.63. The highest BCUT2D eigenvalue weighted by molar-refractivity contribution is 7.99. The molecule has 4 nitrogen and oxygen atoms in total. The maximum Gasteiger partial charge on any atom is 0.255 e. The SMILES string of the molecule is Cc1csc2c(Sc3ccccc3NC(=O)c3ccc(F)cc3)ncnc12. The highest BCUT2D eigenvalue weighted by Crippen LogP contribution is 2.38. The largest absolute Gasteiger partial charge is 0.321 e. The smallest absolute Gasteiger partial charge is 0.255 e. The van der Waals surface area contributed by atoms with Gasteiger partial charge in [0.1, 0.15) is 17.2 Å². The van der Waals surface area contributed by atoms with Gasteiger partial charge < -0.3 is 5.32 Å². The van der Waals surface area contributed by atoms with E-state index in [1.807, 2.05) is 31.2 Å². The van der Waals surface area contributed by atoms with Crippen molar-refractivity contribution >= 4 is 44.9 Å². The Labute approximate surface area is 163 Å². The fourth-order valence-electron chi connectivity index (χ4n) is 2.58. The summed E-state index contributed by atoms with van der Waals surface area (Å²) < 4.78 is 14.1. The molecule has 2 heterocycles. The number of aromatic nitrogens is 2. The highest BCUT2D eigenvalue weighted by Gasteiger charge is 2.14. The number of rotatable bonds is 4. The molecule has 0 aliphatic heterocycles. The molecule has 27 heavy (non-hydrogen) atoms. The fraction of sp³-hybridized carbons (Fsp3) is 0.0500.